The summed E-state index contributed by atoms with van der Waals surface area (Å²) < 4.78 is 20.0. The largest absolute Gasteiger partial charge is 0.414 e. The lowest BCUT2D eigenvalue weighted by molar-refractivity contribution is -0.0739. The molecule has 0 bridgehead atoms. The van der Waals surface area contributed by atoms with Crippen LogP contribution in [0.4, 0.5) is 0 Å². The van der Waals surface area contributed by atoms with Crippen LogP contribution in [0.5, 0.6) is 0 Å². The van der Waals surface area contributed by atoms with Crippen molar-refractivity contribution >= 4 is 22.7 Å². The van der Waals surface area contributed by atoms with E-state index in [1.54, 1.807) is 6.08 Å². The molecule has 3 atom stereocenters. The van der Waals surface area contributed by atoms with Crippen molar-refractivity contribution in [2.45, 2.75) is 96.1 Å². The number of nitriles is 1. The highest BCUT2D eigenvalue weighted by atomic mass is 28.4. The first-order valence-corrected chi connectivity index (χ1v) is 17.7. The molecule has 1 aliphatic rings. The zero-order chi connectivity index (χ0) is 25.1. The summed E-state index contributed by atoms with van der Waals surface area (Å²) in [6, 6.07) is 10.2. The van der Waals surface area contributed by atoms with Crippen LogP contribution in [0.25, 0.3) is 6.08 Å². The van der Waals surface area contributed by atoms with Crippen molar-refractivity contribution in [2.75, 3.05) is 6.61 Å². The van der Waals surface area contributed by atoms with E-state index in [0.29, 0.717) is 6.61 Å². The third kappa shape index (κ3) is 7.24. The number of hydrogen-bond acceptors (Lipinski definition) is 4. The molecule has 0 N–H and O–H groups in total. The smallest absolute Gasteiger partial charge is 0.193 e. The molecule has 2 rings (SSSR count). The quantitative estimate of drug-likeness (QED) is 0.226. The maximum Gasteiger partial charge on any atom is 0.193 e. The van der Waals surface area contributed by atoms with Crippen LogP contribution in [-0.4, -0.2) is 35.4 Å². The van der Waals surface area contributed by atoms with E-state index in [1.165, 1.54) is 6.08 Å². The van der Waals surface area contributed by atoms with Gasteiger partial charge in [0.2, 0.25) is 0 Å². The molecular weight excluding hydrogens is 442 g/mol. The number of nitrogens with zero attached hydrogens (tertiary/aromatic N) is 1. The summed E-state index contributed by atoms with van der Waals surface area (Å²) in [5, 5.41) is 9.00. The van der Waals surface area contributed by atoms with Gasteiger partial charge in [-0.2, -0.15) is 5.26 Å². The first kappa shape index (κ1) is 27.7. The normalized spacial score (nSPS) is 22.5. The van der Waals surface area contributed by atoms with Gasteiger partial charge in [0.25, 0.3) is 0 Å². The Morgan fingerprint density at radius 2 is 1.52 bits per heavy atom. The Kier molecular flexibility index (Phi) is 8.75. The maximum absolute atomic E-state index is 8.74. The third-order valence-electron chi connectivity index (χ3n) is 7.43. The van der Waals surface area contributed by atoms with Gasteiger partial charge in [-0.15, -0.1) is 0 Å². The van der Waals surface area contributed by atoms with Crippen LogP contribution in [0.2, 0.25) is 36.3 Å². The minimum absolute atomic E-state index is 0.120. The lowest BCUT2D eigenvalue weighted by Gasteiger charge is -2.43. The summed E-state index contributed by atoms with van der Waals surface area (Å²) in [6.07, 6.45) is 7.15. The predicted octanol–water partition coefficient (Wildman–Crippen LogP) is 7.63. The number of hydrogen-bond donors (Lipinski definition) is 0. The Morgan fingerprint density at radius 1 is 0.939 bits per heavy atom. The lowest BCUT2D eigenvalue weighted by Crippen LogP contribution is -2.51. The monoisotopic (exact) mass is 485 g/mol. The fraction of sp³-hybridized carbons (Fsp3) is 0.593. The molecule has 1 aromatic carbocycles. The second kappa shape index (κ2) is 10.4. The fourth-order valence-corrected chi connectivity index (χ4v) is 5.32. The summed E-state index contributed by atoms with van der Waals surface area (Å²) >= 11 is 0. The van der Waals surface area contributed by atoms with Crippen LogP contribution in [0, 0.1) is 11.3 Å². The fourth-order valence-electron chi connectivity index (χ4n) is 3.04. The molecule has 0 amide bonds. The molecule has 0 saturated heterocycles. The molecule has 6 heteroatoms. The minimum Gasteiger partial charge on any atom is -0.414 e. The van der Waals surface area contributed by atoms with Crippen molar-refractivity contribution in [1.29, 1.82) is 5.26 Å². The molecule has 0 unspecified atom stereocenters. The lowest BCUT2D eigenvalue weighted by atomic mass is 10.0. The van der Waals surface area contributed by atoms with E-state index in [1.807, 2.05) is 18.2 Å². The zero-order valence-corrected chi connectivity index (χ0v) is 24.2. The van der Waals surface area contributed by atoms with Gasteiger partial charge in [-0.1, -0.05) is 78.0 Å². The van der Waals surface area contributed by atoms with Crippen LogP contribution in [0.3, 0.4) is 0 Å². The van der Waals surface area contributed by atoms with Gasteiger partial charge in [0.05, 0.1) is 18.8 Å². The van der Waals surface area contributed by atoms with Crippen molar-refractivity contribution in [1.82, 2.24) is 0 Å². The Bertz CT molecular complexity index is 884. The van der Waals surface area contributed by atoms with Crippen molar-refractivity contribution < 1.29 is 13.6 Å². The highest BCUT2D eigenvalue weighted by Gasteiger charge is 2.43. The number of ether oxygens (including phenoxy) is 1. The number of rotatable bonds is 7. The summed E-state index contributed by atoms with van der Waals surface area (Å²) in [6.45, 7) is 23.2. The molecule has 182 valence electrons. The van der Waals surface area contributed by atoms with Crippen molar-refractivity contribution in [3.8, 4) is 6.07 Å². The van der Waals surface area contributed by atoms with Crippen LogP contribution < -0.4 is 0 Å². The topological polar surface area (TPSA) is 51.5 Å². The van der Waals surface area contributed by atoms with E-state index in [-0.39, 0.29) is 28.4 Å². The summed E-state index contributed by atoms with van der Waals surface area (Å²) in [5.41, 5.74) is 2.08. The van der Waals surface area contributed by atoms with Gasteiger partial charge in [0.1, 0.15) is 12.2 Å². The molecule has 4 nitrogen and oxygen atoms in total. The molecule has 0 aromatic heterocycles. The zero-order valence-electron chi connectivity index (χ0n) is 22.2. The summed E-state index contributed by atoms with van der Waals surface area (Å²) in [5.74, 6) is 0. The van der Waals surface area contributed by atoms with E-state index in [9.17, 15) is 0 Å². The first-order chi connectivity index (χ1) is 15.1. The Morgan fingerprint density at radius 3 is 2.03 bits per heavy atom. The highest BCUT2D eigenvalue weighted by molar-refractivity contribution is 6.74. The number of benzene rings is 1. The van der Waals surface area contributed by atoms with Crippen molar-refractivity contribution in [2.24, 2.45) is 0 Å². The molecule has 1 heterocycles. The second-order valence-corrected chi connectivity index (χ2v) is 21.6. The van der Waals surface area contributed by atoms with E-state index >= 15 is 0 Å². The molecule has 33 heavy (non-hydrogen) atoms. The van der Waals surface area contributed by atoms with Gasteiger partial charge in [-0.3, -0.25) is 0 Å². The van der Waals surface area contributed by atoms with Gasteiger partial charge in [0, 0.05) is 6.08 Å². The average molecular weight is 486 g/mol. The third-order valence-corrected chi connectivity index (χ3v) is 16.4. The summed E-state index contributed by atoms with van der Waals surface area (Å²) in [4.78, 5) is 0. The van der Waals surface area contributed by atoms with E-state index in [0.717, 1.165) is 11.1 Å². The number of allylic oxidation sites excluding steroid dienone is 1. The molecule has 0 aliphatic carbocycles. The Hall–Kier alpha value is -1.50. The average Bonchev–Trinajstić information content (AvgIpc) is 2.70. The van der Waals surface area contributed by atoms with Crippen LogP contribution in [-0.2, 0) is 13.6 Å². The van der Waals surface area contributed by atoms with Gasteiger partial charge in [-0.25, -0.2) is 0 Å². The van der Waals surface area contributed by atoms with Gasteiger partial charge in [-0.05, 0) is 53.5 Å². The SMILES string of the molecule is CC(C)(C)[Si](C)(C)OC[C@H]1O[C@H](c2ccc(/C=C/C#N)cc2)C=C[C@@H]1O[Si](C)(C)C(C)(C)C. The molecule has 0 spiro atoms. The minimum atomic E-state index is -1.98. The van der Waals surface area contributed by atoms with Crippen LogP contribution >= 0.6 is 0 Å². The predicted molar refractivity (Wildman–Crippen MR) is 143 cm³/mol. The molecule has 0 saturated carbocycles. The van der Waals surface area contributed by atoms with Crippen LogP contribution in [0.15, 0.2) is 42.5 Å². The molecular formula is C27H43NO3Si2. The van der Waals surface area contributed by atoms with Crippen molar-refractivity contribution in [3.63, 3.8) is 0 Å². The second-order valence-electron chi connectivity index (χ2n) is 12.0. The maximum atomic E-state index is 8.74. The molecule has 0 radical (unpaired) electrons. The van der Waals surface area contributed by atoms with Gasteiger partial charge in [0.15, 0.2) is 16.6 Å². The van der Waals surface area contributed by atoms with E-state index in [4.69, 9.17) is 18.9 Å². The van der Waals surface area contributed by atoms with Crippen LogP contribution in [0.1, 0.15) is 58.8 Å². The Labute approximate surface area is 203 Å². The van der Waals surface area contributed by atoms with Gasteiger partial charge >= 0.3 is 0 Å². The molecule has 0 fully saturated rings. The van der Waals surface area contributed by atoms with E-state index in [2.05, 4.69) is 92.0 Å². The van der Waals surface area contributed by atoms with E-state index < -0.39 is 16.6 Å². The van der Waals surface area contributed by atoms with Crippen molar-refractivity contribution in [3.05, 3.63) is 53.6 Å². The molecule has 1 aromatic rings. The van der Waals surface area contributed by atoms with Gasteiger partial charge < -0.3 is 13.6 Å². The summed E-state index contributed by atoms with van der Waals surface area (Å²) in [7, 11) is -3.89. The molecule has 1 aliphatic heterocycles. The first-order valence-electron chi connectivity index (χ1n) is 11.9. The Balaban J connectivity index is 2.27. The standard InChI is InChI=1S/C27H43NO3Si2/c1-26(2,3)32(7,8)29-20-25-24(31-33(9,10)27(4,5)6)18-17-23(30-25)22-15-13-21(14-16-22)12-11-19-28/h11-18,23-25H,20H2,1-10H3/b12-11+/t23-,24-,25+/m0/s1. The highest BCUT2D eigenvalue weighted by Crippen LogP contribution is 2.40.